The minimum Gasteiger partial charge on any atom is -0.488 e. The molecule has 1 aliphatic heterocycles. The van der Waals surface area contributed by atoms with E-state index in [2.05, 4.69) is 10.6 Å². The van der Waals surface area contributed by atoms with Gasteiger partial charge in [-0.15, -0.1) is 0 Å². The van der Waals surface area contributed by atoms with Gasteiger partial charge in [-0.25, -0.2) is 17.6 Å². The number of aliphatic hydroxyl groups excluding tert-OH is 1. The molecule has 10 nitrogen and oxygen atoms in total. The van der Waals surface area contributed by atoms with Gasteiger partial charge >= 0.3 is 6.03 Å². The van der Waals surface area contributed by atoms with Gasteiger partial charge in [0.2, 0.25) is 15.9 Å². The van der Waals surface area contributed by atoms with Crippen molar-refractivity contribution in [1.29, 1.82) is 0 Å². The average molecular weight is 599 g/mol. The smallest absolute Gasteiger partial charge is 0.323 e. The molecule has 0 saturated carbocycles. The van der Waals surface area contributed by atoms with E-state index in [4.69, 9.17) is 4.74 Å². The molecular weight excluding hydrogens is 563 g/mol. The van der Waals surface area contributed by atoms with E-state index >= 15 is 0 Å². The Kier molecular flexibility index (Phi) is 9.81. The van der Waals surface area contributed by atoms with Crippen LogP contribution >= 0.6 is 0 Å². The van der Waals surface area contributed by atoms with Crippen molar-refractivity contribution in [3.63, 3.8) is 0 Å². The molecule has 42 heavy (non-hydrogen) atoms. The number of benzene rings is 3. The summed E-state index contributed by atoms with van der Waals surface area (Å²) >= 11 is 0. The van der Waals surface area contributed by atoms with E-state index in [-0.39, 0.29) is 42.8 Å². The van der Waals surface area contributed by atoms with Crippen LogP contribution in [-0.2, 0) is 21.2 Å². The van der Waals surface area contributed by atoms with Gasteiger partial charge in [0.25, 0.3) is 0 Å². The molecule has 3 aromatic rings. The number of fused-ring (bicyclic) bond motifs is 1. The van der Waals surface area contributed by atoms with Gasteiger partial charge < -0.3 is 25.4 Å². The maximum atomic E-state index is 13.4. The number of aliphatic hydroxyl groups is 1. The zero-order valence-corrected chi connectivity index (χ0v) is 24.5. The van der Waals surface area contributed by atoms with Crippen LogP contribution in [0.1, 0.15) is 19.4 Å². The summed E-state index contributed by atoms with van der Waals surface area (Å²) in [4.78, 5) is 27.5. The maximum absolute atomic E-state index is 13.4. The largest absolute Gasteiger partial charge is 0.488 e. The zero-order chi connectivity index (χ0) is 30.4. The van der Waals surface area contributed by atoms with Crippen LogP contribution < -0.4 is 15.4 Å². The standard InChI is InChI=1S/C30H35FN4O6S/c1-20-17-35(21(2)19-36)29(37)16-22-15-25(33-30(38)32-24-7-5-4-6-8-24)11-14-27(22)41-28(20)18-34(3)42(39,40)26-12-9-23(31)10-13-26/h4-15,20-21,28,36H,16-19H2,1-3H3,(H2,32,33,38)/t20-,21+,28+/m0/s1. The SMILES string of the molecule is C[C@H](CO)N1C[C@H](C)[C@@H](CN(C)S(=O)(=O)c2ccc(F)cc2)Oc2ccc(NC(=O)Nc3ccccc3)cc2CC1=O. The molecule has 3 atom stereocenters. The van der Waals surface area contributed by atoms with Crippen molar-refractivity contribution in [1.82, 2.24) is 9.21 Å². The number of nitrogens with one attached hydrogen (secondary N) is 2. The predicted molar refractivity (Wildman–Crippen MR) is 157 cm³/mol. The molecule has 3 aromatic carbocycles. The Morgan fingerprint density at radius 1 is 1.10 bits per heavy atom. The summed E-state index contributed by atoms with van der Waals surface area (Å²) in [6.07, 6.45) is -0.748. The number of carbonyl (C=O) groups excluding carboxylic acids is 2. The summed E-state index contributed by atoms with van der Waals surface area (Å²) in [6.45, 7) is 3.49. The van der Waals surface area contributed by atoms with Crippen LogP contribution in [0.2, 0.25) is 0 Å². The second kappa shape index (κ2) is 13.3. The third kappa shape index (κ3) is 7.44. The molecule has 224 valence electrons. The molecule has 0 aliphatic carbocycles. The van der Waals surface area contributed by atoms with Gasteiger partial charge in [0, 0.05) is 36.4 Å². The number of amides is 3. The van der Waals surface area contributed by atoms with Crippen LogP contribution in [0.3, 0.4) is 0 Å². The summed E-state index contributed by atoms with van der Waals surface area (Å²) in [5.74, 6) is -0.753. The van der Waals surface area contributed by atoms with Gasteiger partial charge in [0.05, 0.1) is 30.5 Å². The summed E-state index contributed by atoms with van der Waals surface area (Å²) in [6, 6.07) is 17.5. The second-order valence-corrected chi connectivity index (χ2v) is 12.4. The zero-order valence-electron chi connectivity index (χ0n) is 23.7. The predicted octanol–water partition coefficient (Wildman–Crippen LogP) is 3.94. The molecule has 0 radical (unpaired) electrons. The molecule has 1 aliphatic rings. The van der Waals surface area contributed by atoms with Crippen molar-refractivity contribution in [3.05, 3.63) is 84.2 Å². The molecule has 3 N–H and O–H groups in total. The van der Waals surface area contributed by atoms with Crippen LogP contribution in [0.25, 0.3) is 0 Å². The number of hydrogen-bond donors (Lipinski definition) is 3. The highest BCUT2D eigenvalue weighted by Gasteiger charge is 2.33. The van der Waals surface area contributed by atoms with E-state index in [0.29, 0.717) is 22.7 Å². The third-order valence-electron chi connectivity index (χ3n) is 7.16. The number of sulfonamides is 1. The molecule has 0 spiro atoms. The molecule has 3 amide bonds. The molecule has 0 aromatic heterocycles. The normalized spacial score (nSPS) is 18.2. The summed E-state index contributed by atoms with van der Waals surface area (Å²) in [5, 5.41) is 15.4. The molecular formula is C30H35FN4O6S. The van der Waals surface area contributed by atoms with Crippen LogP contribution in [0.15, 0.2) is 77.7 Å². The van der Waals surface area contributed by atoms with E-state index in [0.717, 1.165) is 16.4 Å². The van der Waals surface area contributed by atoms with Gasteiger partial charge in [0.15, 0.2) is 0 Å². The third-order valence-corrected chi connectivity index (χ3v) is 9.00. The van der Waals surface area contributed by atoms with Crippen molar-refractivity contribution in [2.75, 3.05) is 37.4 Å². The van der Waals surface area contributed by atoms with Gasteiger partial charge in [-0.2, -0.15) is 4.31 Å². The van der Waals surface area contributed by atoms with Gasteiger partial charge in [0.1, 0.15) is 17.7 Å². The topological polar surface area (TPSA) is 128 Å². The maximum Gasteiger partial charge on any atom is 0.323 e. The van der Waals surface area contributed by atoms with E-state index in [1.54, 1.807) is 54.3 Å². The molecule has 1 heterocycles. The Morgan fingerprint density at radius 3 is 2.43 bits per heavy atom. The second-order valence-electron chi connectivity index (χ2n) is 10.4. The first kappa shape index (κ1) is 30.9. The number of ether oxygens (including phenoxy) is 1. The fourth-order valence-corrected chi connectivity index (χ4v) is 5.86. The van der Waals surface area contributed by atoms with Gasteiger partial charge in [-0.3, -0.25) is 4.79 Å². The minimum absolute atomic E-state index is 0.0569. The quantitative estimate of drug-likeness (QED) is 0.361. The van der Waals surface area contributed by atoms with Gasteiger partial charge in [-0.05, 0) is 61.5 Å². The molecule has 0 fully saturated rings. The van der Waals surface area contributed by atoms with Crippen molar-refractivity contribution >= 4 is 33.3 Å². The Hall–Kier alpha value is -4.00. The number of halogens is 1. The van der Waals surface area contributed by atoms with Crippen LogP contribution in [-0.4, -0.2) is 73.6 Å². The van der Waals surface area contributed by atoms with E-state index in [9.17, 15) is 27.5 Å². The Balaban J connectivity index is 1.62. The van der Waals surface area contributed by atoms with Crippen LogP contribution in [0.4, 0.5) is 20.6 Å². The first-order valence-electron chi connectivity index (χ1n) is 13.5. The number of carbonyl (C=O) groups is 2. The summed E-state index contributed by atoms with van der Waals surface area (Å²) < 4.78 is 47.4. The number of hydrogen-bond acceptors (Lipinski definition) is 6. The lowest BCUT2D eigenvalue weighted by molar-refractivity contribution is -0.134. The van der Waals surface area contributed by atoms with Crippen molar-refractivity contribution in [2.45, 2.75) is 37.3 Å². The molecule has 4 rings (SSSR count). The van der Waals surface area contributed by atoms with Crippen LogP contribution in [0.5, 0.6) is 5.75 Å². The number of anilines is 2. The van der Waals surface area contributed by atoms with Crippen LogP contribution in [0, 0.1) is 11.7 Å². The lowest BCUT2D eigenvalue weighted by atomic mass is 10.0. The molecule has 0 bridgehead atoms. The fourth-order valence-electron chi connectivity index (χ4n) is 4.68. The van der Waals surface area contributed by atoms with E-state index in [1.165, 1.54) is 19.2 Å². The lowest BCUT2D eigenvalue weighted by Gasteiger charge is -2.33. The first-order chi connectivity index (χ1) is 20.0. The highest BCUT2D eigenvalue weighted by atomic mass is 32.2. The van der Waals surface area contributed by atoms with Crippen molar-refractivity contribution < 1.29 is 32.2 Å². The number of urea groups is 1. The van der Waals surface area contributed by atoms with Gasteiger partial charge in [-0.1, -0.05) is 25.1 Å². The monoisotopic (exact) mass is 598 g/mol. The first-order valence-corrected chi connectivity index (χ1v) is 15.0. The molecule has 0 saturated heterocycles. The fraction of sp³-hybridized carbons (Fsp3) is 0.333. The molecule has 0 unspecified atom stereocenters. The summed E-state index contributed by atoms with van der Waals surface area (Å²) in [5.41, 5.74) is 1.54. The lowest BCUT2D eigenvalue weighted by Crippen LogP contribution is -2.48. The Bertz CT molecular complexity index is 1500. The van der Waals surface area contributed by atoms with E-state index < -0.39 is 34.0 Å². The Morgan fingerprint density at radius 2 is 1.76 bits per heavy atom. The highest BCUT2D eigenvalue weighted by molar-refractivity contribution is 7.89. The van der Waals surface area contributed by atoms with Crippen molar-refractivity contribution in [3.8, 4) is 5.75 Å². The van der Waals surface area contributed by atoms with Crippen molar-refractivity contribution in [2.24, 2.45) is 5.92 Å². The molecule has 12 heteroatoms. The number of nitrogens with zero attached hydrogens (tertiary/aromatic N) is 2. The van der Waals surface area contributed by atoms with E-state index in [1.807, 2.05) is 13.0 Å². The number of para-hydroxylation sites is 1. The Labute approximate surface area is 245 Å². The average Bonchev–Trinajstić information content (AvgIpc) is 3.00. The summed E-state index contributed by atoms with van der Waals surface area (Å²) in [7, 11) is -2.55. The number of likely N-dealkylation sites (N-methyl/N-ethyl adjacent to an activating group) is 1. The number of rotatable bonds is 8. The highest BCUT2D eigenvalue weighted by Crippen LogP contribution is 2.30. The minimum atomic E-state index is -3.97.